The predicted molar refractivity (Wildman–Crippen MR) is 61.6 cm³/mol. The average Bonchev–Trinajstić information content (AvgIpc) is 2.23. The maximum atomic E-state index is 9.77. The van der Waals surface area contributed by atoms with Gasteiger partial charge in [-0.1, -0.05) is 12.1 Å². The molecule has 2 aromatic carbocycles. The minimum absolute atomic E-state index is 0.0842. The van der Waals surface area contributed by atoms with Gasteiger partial charge in [0.2, 0.25) is 0 Å². The van der Waals surface area contributed by atoms with Crippen LogP contribution >= 0.6 is 0 Å². The Kier molecular flexibility index (Phi) is 2.44. The van der Waals surface area contributed by atoms with E-state index in [0.29, 0.717) is 16.7 Å². The average molecular weight is 216 g/mol. The maximum Gasteiger partial charge on any atom is 0.123 e. The molecule has 0 bridgehead atoms. The van der Waals surface area contributed by atoms with Crippen molar-refractivity contribution in [1.82, 2.24) is 0 Å². The van der Waals surface area contributed by atoms with Gasteiger partial charge in [0.1, 0.15) is 17.2 Å². The molecule has 0 atom stereocenters. The van der Waals surface area contributed by atoms with E-state index in [0.717, 1.165) is 0 Å². The molecule has 0 radical (unpaired) electrons. The molecular formula is C13H12O3. The van der Waals surface area contributed by atoms with E-state index < -0.39 is 0 Å². The van der Waals surface area contributed by atoms with Crippen LogP contribution in [0.5, 0.6) is 17.2 Å². The lowest BCUT2D eigenvalue weighted by atomic mass is 10.0. The Hall–Kier alpha value is -2.16. The largest absolute Gasteiger partial charge is 0.508 e. The summed E-state index contributed by atoms with van der Waals surface area (Å²) in [5.41, 5.74) is 1.77. The van der Waals surface area contributed by atoms with Crippen LogP contribution in [0.2, 0.25) is 0 Å². The van der Waals surface area contributed by atoms with E-state index in [1.165, 1.54) is 18.2 Å². The van der Waals surface area contributed by atoms with E-state index in [4.69, 9.17) is 0 Å². The summed E-state index contributed by atoms with van der Waals surface area (Å²) in [4.78, 5) is 0. The third-order valence-electron chi connectivity index (χ3n) is 2.47. The van der Waals surface area contributed by atoms with Crippen LogP contribution in [0.4, 0.5) is 0 Å². The van der Waals surface area contributed by atoms with Gasteiger partial charge in [-0.25, -0.2) is 0 Å². The third-order valence-corrected chi connectivity index (χ3v) is 2.47. The summed E-state index contributed by atoms with van der Waals surface area (Å²) in [5.74, 6) is 0.328. The highest BCUT2D eigenvalue weighted by molar-refractivity contribution is 5.73. The molecular weight excluding hydrogens is 204 g/mol. The zero-order chi connectivity index (χ0) is 11.7. The summed E-state index contributed by atoms with van der Waals surface area (Å²) in [7, 11) is 0. The predicted octanol–water partition coefficient (Wildman–Crippen LogP) is 2.78. The quantitative estimate of drug-likeness (QED) is 0.642. The van der Waals surface area contributed by atoms with Crippen molar-refractivity contribution in [3.05, 3.63) is 42.0 Å². The number of aromatic hydroxyl groups is 3. The summed E-state index contributed by atoms with van der Waals surface area (Å²) in [6.07, 6.45) is 0. The Labute approximate surface area is 93.2 Å². The van der Waals surface area contributed by atoms with Gasteiger partial charge >= 0.3 is 0 Å². The van der Waals surface area contributed by atoms with Gasteiger partial charge in [-0.05, 0) is 42.3 Å². The van der Waals surface area contributed by atoms with Gasteiger partial charge in [0.25, 0.3) is 0 Å². The Bertz CT molecular complexity index is 533. The molecule has 2 aromatic rings. The topological polar surface area (TPSA) is 60.7 Å². The molecule has 3 nitrogen and oxygen atoms in total. The Morgan fingerprint density at radius 3 is 2.31 bits per heavy atom. The summed E-state index contributed by atoms with van der Waals surface area (Å²) in [6.45, 7) is 1.71. The highest BCUT2D eigenvalue weighted by Crippen LogP contribution is 2.35. The second kappa shape index (κ2) is 3.77. The summed E-state index contributed by atoms with van der Waals surface area (Å²) >= 11 is 0. The molecule has 0 heterocycles. The Morgan fingerprint density at radius 1 is 0.875 bits per heavy atom. The molecule has 3 heteroatoms. The van der Waals surface area contributed by atoms with Crippen LogP contribution in [-0.4, -0.2) is 15.3 Å². The second-order valence-electron chi connectivity index (χ2n) is 3.71. The van der Waals surface area contributed by atoms with E-state index in [1.54, 1.807) is 25.1 Å². The van der Waals surface area contributed by atoms with E-state index in [9.17, 15) is 15.3 Å². The first-order chi connectivity index (χ1) is 7.58. The van der Waals surface area contributed by atoms with Gasteiger partial charge in [0, 0.05) is 5.56 Å². The van der Waals surface area contributed by atoms with Crippen molar-refractivity contribution in [2.75, 3.05) is 0 Å². The van der Waals surface area contributed by atoms with Crippen molar-refractivity contribution in [2.45, 2.75) is 6.92 Å². The molecule has 0 amide bonds. The van der Waals surface area contributed by atoms with Crippen LogP contribution in [0, 0.1) is 6.92 Å². The third kappa shape index (κ3) is 1.80. The molecule has 0 aliphatic rings. The molecule has 3 N–H and O–H groups in total. The van der Waals surface area contributed by atoms with Crippen molar-refractivity contribution in [1.29, 1.82) is 0 Å². The fourth-order valence-corrected chi connectivity index (χ4v) is 1.59. The minimum atomic E-state index is 0.0842. The number of hydrogen-bond acceptors (Lipinski definition) is 3. The maximum absolute atomic E-state index is 9.77. The van der Waals surface area contributed by atoms with Gasteiger partial charge in [-0.15, -0.1) is 0 Å². The summed E-state index contributed by atoms with van der Waals surface area (Å²) < 4.78 is 0. The van der Waals surface area contributed by atoms with Gasteiger partial charge < -0.3 is 15.3 Å². The molecule has 0 spiro atoms. The highest BCUT2D eigenvalue weighted by Gasteiger charge is 2.08. The molecule has 2 rings (SSSR count). The van der Waals surface area contributed by atoms with Crippen LogP contribution in [-0.2, 0) is 0 Å². The standard InChI is InChI=1S/C13H12O3/c1-8-5-13(16)11(7-12(8)15)9-3-2-4-10(14)6-9/h2-7,14-16H,1H3. The first-order valence-electron chi connectivity index (χ1n) is 4.90. The van der Waals surface area contributed by atoms with E-state index >= 15 is 0 Å². The van der Waals surface area contributed by atoms with Crippen molar-refractivity contribution >= 4 is 0 Å². The lowest BCUT2D eigenvalue weighted by molar-refractivity contribution is 0.458. The molecule has 82 valence electrons. The lowest BCUT2D eigenvalue weighted by Gasteiger charge is -2.08. The highest BCUT2D eigenvalue weighted by atomic mass is 16.3. The van der Waals surface area contributed by atoms with Gasteiger partial charge in [-0.3, -0.25) is 0 Å². The van der Waals surface area contributed by atoms with Gasteiger partial charge in [0.05, 0.1) is 0 Å². The first kappa shape index (κ1) is 10.4. The molecule has 0 fully saturated rings. The number of rotatable bonds is 1. The van der Waals surface area contributed by atoms with Gasteiger partial charge in [0.15, 0.2) is 0 Å². The lowest BCUT2D eigenvalue weighted by Crippen LogP contribution is -1.82. The number of phenols is 3. The number of aryl methyl sites for hydroxylation is 1. The van der Waals surface area contributed by atoms with Gasteiger partial charge in [-0.2, -0.15) is 0 Å². The van der Waals surface area contributed by atoms with E-state index in [1.807, 2.05) is 0 Å². The molecule has 0 saturated carbocycles. The molecule has 0 aliphatic carbocycles. The van der Waals surface area contributed by atoms with Crippen LogP contribution < -0.4 is 0 Å². The zero-order valence-electron chi connectivity index (χ0n) is 8.81. The van der Waals surface area contributed by atoms with Crippen molar-refractivity contribution in [2.24, 2.45) is 0 Å². The molecule has 16 heavy (non-hydrogen) atoms. The van der Waals surface area contributed by atoms with Crippen LogP contribution in [0.25, 0.3) is 11.1 Å². The molecule has 0 saturated heterocycles. The molecule has 0 aromatic heterocycles. The number of phenolic OH excluding ortho intramolecular Hbond substituents is 3. The normalized spacial score (nSPS) is 10.3. The Balaban J connectivity index is 2.60. The van der Waals surface area contributed by atoms with E-state index in [2.05, 4.69) is 0 Å². The van der Waals surface area contributed by atoms with Crippen molar-refractivity contribution in [3.63, 3.8) is 0 Å². The Morgan fingerprint density at radius 2 is 1.62 bits per heavy atom. The van der Waals surface area contributed by atoms with Crippen LogP contribution in [0.1, 0.15) is 5.56 Å². The molecule has 0 unspecified atom stereocenters. The fraction of sp³-hybridized carbons (Fsp3) is 0.0769. The summed E-state index contributed by atoms with van der Waals surface area (Å²) in [5, 5.41) is 28.7. The van der Waals surface area contributed by atoms with Crippen molar-refractivity contribution < 1.29 is 15.3 Å². The van der Waals surface area contributed by atoms with Crippen molar-refractivity contribution in [3.8, 4) is 28.4 Å². The SMILES string of the molecule is Cc1cc(O)c(-c2cccc(O)c2)cc1O. The number of hydrogen-bond donors (Lipinski definition) is 3. The molecule has 0 aliphatic heterocycles. The van der Waals surface area contributed by atoms with Crippen LogP contribution in [0.15, 0.2) is 36.4 Å². The summed E-state index contributed by atoms with van der Waals surface area (Å²) in [6, 6.07) is 9.50. The zero-order valence-corrected chi connectivity index (χ0v) is 8.81. The monoisotopic (exact) mass is 216 g/mol. The second-order valence-corrected chi connectivity index (χ2v) is 3.71. The fourth-order valence-electron chi connectivity index (χ4n) is 1.59. The first-order valence-corrected chi connectivity index (χ1v) is 4.90. The van der Waals surface area contributed by atoms with Crippen LogP contribution in [0.3, 0.4) is 0 Å². The minimum Gasteiger partial charge on any atom is -0.508 e. The smallest absolute Gasteiger partial charge is 0.123 e. The number of benzene rings is 2. The van der Waals surface area contributed by atoms with E-state index in [-0.39, 0.29) is 17.2 Å².